The molecule has 1 heterocycles. The molecule has 4 aromatic rings. The van der Waals surface area contributed by atoms with Gasteiger partial charge < -0.3 is 9.84 Å². The number of aryl methyl sites for hydroxylation is 2. The lowest BCUT2D eigenvalue weighted by Gasteiger charge is -2.20. The van der Waals surface area contributed by atoms with Crippen molar-refractivity contribution < 1.29 is 23.8 Å². The molecule has 38 heavy (non-hydrogen) atoms. The van der Waals surface area contributed by atoms with Crippen molar-refractivity contribution >= 4 is 17.7 Å². The molecule has 1 atom stereocenters. The van der Waals surface area contributed by atoms with Gasteiger partial charge >= 0.3 is 12.1 Å². The Morgan fingerprint density at radius 3 is 2.11 bits per heavy atom. The van der Waals surface area contributed by atoms with E-state index in [0.29, 0.717) is 22.6 Å². The van der Waals surface area contributed by atoms with E-state index in [4.69, 9.17) is 4.74 Å². The summed E-state index contributed by atoms with van der Waals surface area (Å²) in [6.45, 7) is 6.75. The average molecular weight is 516 g/mol. The van der Waals surface area contributed by atoms with Crippen LogP contribution in [0.3, 0.4) is 0 Å². The Kier molecular flexibility index (Phi) is 7.35. The lowest BCUT2D eigenvalue weighted by molar-refractivity contribution is -0.142. The molecule has 0 saturated heterocycles. The summed E-state index contributed by atoms with van der Waals surface area (Å²) < 4.78 is 21.2. The van der Waals surface area contributed by atoms with E-state index in [1.165, 1.54) is 6.07 Å². The summed E-state index contributed by atoms with van der Waals surface area (Å²) >= 11 is 0. The molecular formula is C30H30FN3O4. The molecule has 0 spiro atoms. The number of ether oxygens (including phenoxy) is 1. The van der Waals surface area contributed by atoms with Crippen molar-refractivity contribution in [3.05, 3.63) is 95.4 Å². The maximum Gasteiger partial charge on any atom is 0.412 e. The molecule has 0 aliphatic heterocycles. The van der Waals surface area contributed by atoms with Crippen LogP contribution in [0, 0.1) is 12.7 Å². The minimum absolute atomic E-state index is 0.293. The predicted octanol–water partition coefficient (Wildman–Crippen LogP) is 6.87. The zero-order valence-electron chi connectivity index (χ0n) is 21.9. The third-order valence-corrected chi connectivity index (χ3v) is 6.71. The zero-order valence-corrected chi connectivity index (χ0v) is 21.9. The van der Waals surface area contributed by atoms with Crippen LogP contribution in [-0.4, -0.2) is 26.9 Å². The van der Waals surface area contributed by atoms with Gasteiger partial charge in [-0.15, -0.1) is 0 Å². The van der Waals surface area contributed by atoms with E-state index in [1.807, 2.05) is 48.5 Å². The van der Waals surface area contributed by atoms with Gasteiger partial charge in [0.2, 0.25) is 0 Å². The van der Waals surface area contributed by atoms with E-state index >= 15 is 0 Å². The second-order valence-electron chi connectivity index (χ2n) is 9.71. The highest BCUT2D eigenvalue weighted by molar-refractivity contribution is 5.92. The van der Waals surface area contributed by atoms with Gasteiger partial charge in [0.15, 0.2) is 0 Å². The van der Waals surface area contributed by atoms with E-state index in [0.717, 1.165) is 22.3 Å². The summed E-state index contributed by atoms with van der Waals surface area (Å²) in [6, 6.07) is 21.4. The largest absolute Gasteiger partial charge is 0.481 e. The number of aromatic nitrogens is 2. The van der Waals surface area contributed by atoms with Crippen molar-refractivity contribution in [1.29, 1.82) is 0 Å². The molecule has 0 fully saturated rings. The topological polar surface area (TPSA) is 93.5 Å². The second-order valence-corrected chi connectivity index (χ2v) is 9.71. The summed E-state index contributed by atoms with van der Waals surface area (Å²) in [6.07, 6.45) is -1.48. The monoisotopic (exact) mass is 515 g/mol. The number of hydrogen-bond acceptors (Lipinski definition) is 4. The molecular weight excluding hydrogens is 485 g/mol. The number of carbonyl (C=O) groups is 2. The molecule has 4 rings (SSSR count). The minimum atomic E-state index is -0.975. The Morgan fingerprint density at radius 2 is 1.53 bits per heavy atom. The molecule has 1 unspecified atom stereocenters. The molecule has 0 aliphatic rings. The highest BCUT2D eigenvalue weighted by Crippen LogP contribution is 2.33. The first-order valence-corrected chi connectivity index (χ1v) is 12.2. The highest BCUT2D eigenvalue weighted by atomic mass is 19.1. The number of aliphatic carboxylic acids is 1. The first-order chi connectivity index (χ1) is 18.0. The van der Waals surface area contributed by atoms with Crippen LogP contribution in [0.4, 0.5) is 14.9 Å². The molecule has 0 saturated carbocycles. The van der Waals surface area contributed by atoms with Gasteiger partial charge in [-0.05, 0) is 50.5 Å². The third kappa shape index (κ3) is 5.29. The fraction of sp³-hybridized carbons (Fsp3) is 0.233. The molecule has 1 aromatic heterocycles. The summed E-state index contributed by atoms with van der Waals surface area (Å²) in [4.78, 5) is 24.2. The molecule has 8 heteroatoms. The van der Waals surface area contributed by atoms with E-state index in [2.05, 4.69) is 10.4 Å². The SMILES string of the molecule is Cc1nn(C)c(-c2ccc(-c3ccc(C(C)(C)C(=O)O)cc3)cc2)c1NC(=O)OC(C)c1ccccc1F. The van der Waals surface area contributed by atoms with Gasteiger partial charge in [0, 0.05) is 18.2 Å². The van der Waals surface area contributed by atoms with Gasteiger partial charge in [0.1, 0.15) is 11.9 Å². The maximum absolute atomic E-state index is 14.1. The van der Waals surface area contributed by atoms with Crippen LogP contribution < -0.4 is 5.32 Å². The number of anilines is 1. The van der Waals surface area contributed by atoms with E-state index in [-0.39, 0.29) is 0 Å². The van der Waals surface area contributed by atoms with Crippen LogP contribution in [0.1, 0.15) is 43.7 Å². The van der Waals surface area contributed by atoms with Crippen LogP contribution in [0.25, 0.3) is 22.4 Å². The van der Waals surface area contributed by atoms with Crippen LogP contribution in [0.5, 0.6) is 0 Å². The molecule has 1 amide bonds. The molecule has 7 nitrogen and oxygen atoms in total. The third-order valence-electron chi connectivity index (χ3n) is 6.71. The number of carbonyl (C=O) groups excluding carboxylic acids is 1. The molecule has 196 valence electrons. The molecule has 2 N–H and O–H groups in total. The smallest absolute Gasteiger partial charge is 0.412 e. The number of nitrogens with one attached hydrogen (secondary N) is 1. The number of hydrogen-bond donors (Lipinski definition) is 2. The molecule has 3 aromatic carbocycles. The number of amides is 1. The normalized spacial score (nSPS) is 12.2. The Balaban J connectivity index is 1.54. The number of carboxylic acids is 1. The van der Waals surface area contributed by atoms with E-state index in [1.54, 1.807) is 57.6 Å². The highest BCUT2D eigenvalue weighted by Gasteiger charge is 2.29. The number of rotatable bonds is 7. The second kappa shape index (κ2) is 10.5. The van der Waals surface area contributed by atoms with Crippen molar-refractivity contribution in [2.45, 2.75) is 39.2 Å². The Morgan fingerprint density at radius 1 is 0.974 bits per heavy atom. The van der Waals surface area contributed by atoms with E-state index in [9.17, 15) is 19.1 Å². The summed E-state index contributed by atoms with van der Waals surface area (Å²) in [5.74, 6) is -1.32. The minimum Gasteiger partial charge on any atom is -0.481 e. The maximum atomic E-state index is 14.1. The van der Waals surface area contributed by atoms with Crippen LogP contribution in [-0.2, 0) is 22.0 Å². The first kappa shape index (κ1) is 26.6. The fourth-order valence-corrected chi connectivity index (χ4v) is 4.32. The van der Waals surface area contributed by atoms with Gasteiger partial charge in [-0.1, -0.05) is 66.7 Å². The Bertz CT molecular complexity index is 1470. The lowest BCUT2D eigenvalue weighted by Crippen LogP contribution is -2.28. The Hall–Kier alpha value is -4.46. The van der Waals surface area contributed by atoms with Gasteiger partial charge in [-0.25, -0.2) is 9.18 Å². The Labute approximate surface area is 220 Å². The zero-order chi connectivity index (χ0) is 27.6. The van der Waals surface area contributed by atoms with Crippen molar-refractivity contribution in [3.8, 4) is 22.4 Å². The van der Waals surface area contributed by atoms with E-state index < -0.39 is 29.4 Å². The standard InChI is InChI=1S/C30H30FN3O4/c1-18-26(32-29(37)38-19(2)24-8-6-7-9-25(24)31)27(34(5)33-18)22-12-10-20(11-13-22)21-14-16-23(17-15-21)30(3,4)28(35)36/h6-17,19H,1-5H3,(H,32,37)(H,35,36). The van der Waals surface area contributed by atoms with Crippen LogP contribution in [0.2, 0.25) is 0 Å². The van der Waals surface area contributed by atoms with Crippen molar-refractivity contribution in [2.75, 3.05) is 5.32 Å². The average Bonchev–Trinajstić information content (AvgIpc) is 3.16. The number of carboxylic acid groups (broad SMARTS) is 1. The van der Waals surface area contributed by atoms with Crippen molar-refractivity contribution in [3.63, 3.8) is 0 Å². The number of nitrogens with zero attached hydrogens (tertiary/aromatic N) is 2. The number of benzene rings is 3. The quantitative estimate of drug-likeness (QED) is 0.280. The van der Waals surface area contributed by atoms with Crippen LogP contribution >= 0.6 is 0 Å². The summed E-state index contributed by atoms with van der Waals surface area (Å²) in [7, 11) is 1.79. The first-order valence-electron chi connectivity index (χ1n) is 12.2. The van der Waals surface area contributed by atoms with Crippen LogP contribution in [0.15, 0.2) is 72.8 Å². The predicted molar refractivity (Wildman–Crippen MR) is 144 cm³/mol. The fourth-order valence-electron chi connectivity index (χ4n) is 4.32. The van der Waals surface area contributed by atoms with Gasteiger partial charge in [0.25, 0.3) is 0 Å². The van der Waals surface area contributed by atoms with Crippen molar-refractivity contribution in [2.24, 2.45) is 7.05 Å². The molecule has 0 bridgehead atoms. The lowest BCUT2D eigenvalue weighted by atomic mass is 9.84. The molecule has 0 aliphatic carbocycles. The van der Waals surface area contributed by atoms with Gasteiger partial charge in [0.05, 0.1) is 22.5 Å². The number of halogens is 1. The van der Waals surface area contributed by atoms with Crippen molar-refractivity contribution in [1.82, 2.24) is 9.78 Å². The summed E-state index contributed by atoms with van der Waals surface area (Å²) in [5, 5.41) is 16.7. The van der Waals surface area contributed by atoms with Gasteiger partial charge in [-0.3, -0.25) is 14.8 Å². The van der Waals surface area contributed by atoms with Gasteiger partial charge in [-0.2, -0.15) is 5.10 Å². The summed E-state index contributed by atoms with van der Waals surface area (Å²) in [5.41, 5.74) is 4.60. The molecule has 0 radical (unpaired) electrons.